The fraction of sp³-hybridized carbons (Fsp3) is 0.222. The van der Waals surface area contributed by atoms with Crippen molar-refractivity contribution >= 4 is 35.8 Å². The van der Waals surface area contributed by atoms with Gasteiger partial charge in [-0.2, -0.15) is 0 Å². The minimum Gasteiger partial charge on any atom is -0.454 e. The van der Waals surface area contributed by atoms with Crippen LogP contribution in [0.25, 0.3) is 0 Å². The van der Waals surface area contributed by atoms with Crippen LogP contribution in [0.5, 0.6) is 11.5 Å². The van der Waals surface area contributed by atoms with Gasteiger partial charge in [0.2, 0.25) is 12.7 Å². The van der Waals surface area contributed by atoms with Gasteiger partial charge in [-0.05, 0) is 35.4 Å². The van der Waals surface area contributed by atoms with Crippen molar-refractivity contribution < 1.29 is 14.3 Å². The molecule has 1 aliphatic heterocycles. The average molecular weight is 468 g/mol. The number of halogens is 1. The molecule has 138 valence electrons. The molecular formula is C18H21IN4O3. The lowest BCUT2D eigenvalue weighted by Gasteiger charge is -2.12. The average Bonchev–Trinajstić information content (AvgIpc) is 3.10. The van der Waals surface area contributed by atoms with Crippen LogP contribution in [0.2, 0.25) is 0 Å². The summed E-state index contributed by atoms with van der Waals surface area (Å²) in [5.41, 5.74) is 7.79. The number of benzene rings is 2. The van der Waals surface area contributed by atoms with Gasteiger partial charge < -0.3 is 25.8 Å². The topological polar surface area (TPSA) is 98.0 Å². The van der Waals surface area contributed by atoms with Gasteiger partial charge in [0.15, 0.2) is 17.5 Å². The Balaban J connectivity index is 0.00000243. The largest absolute Gasteiger partial charge is 0.454 e. The second-order valence-corrected chi connectivity index (χ2v) is 5.53. The summed E-state index contributed by atoms with van der Waals surface area (Å²) in [5, 5.41) is 6.44. The van der Waals surface area contributed by atoms with Crippen LogP contribution in [0.1, 0.15) is 21.5 Å². The molecule has 0 aromatic heterocycles. The van der Waals surface area contributed by atoms with Crippen molar-refractivity contribution in [1.29, 1.82) is 0 Å². The van der Waals surface area contributed by atoms with E-state index in [-0.39, 0.29) is 30.8 Å². The maximum atomic E-state index is 11.2. The van der Waals surface area contributed by atoms with Crippen LogP contribution >= 0.6 is 24.0 Å². The molecule has 0 spiro atoms. The third-order valence-electron chi connectivity index (χ3n) is 3.79. The lowest BCUT2D eigenvalue weighted by molar-refractivity contribution is 0.1000. The molecule has 0 saturated heterocycles. The number of fused-ring (bicyclic) bond motifs is 1. The number of hydrogen-bond acceptors (Lipinski definition) is 4. The van der Waals surface area contributed by atoms with E-state index < -0.39 is 5.91 Å². The second-order valence-electron chi connectivity index (χ2n) is 5.53. The highest BCUT2D eigenvalue weighted by atomic mass is 127. The molecular weight excluding hydrogens is 447 g/mol. The van der Waals surface area contributed by atoms with Crippen LogP contribution in [0.3, 0.4) is 0 Å². The molecule has 3 rings (SSSR count). The summed E-state index contributed by atoms with van der Waals surface area (Å²) in [6, 6.07) is 13.0. The Morgan fingerprint density at radius 3 is 2.46 bits per heavy atom. The summed E-state index contributed by atoms with van der Waals surface area (Å²) in [7, 11) is 1.70. The van der Waals surface area contributed by atoms with Gasteiger partial charge in [-0.25, -0.2) is 0 Å². The quantitative estimate of drug-likeness (QED) is 0.355. The first kappa shape index (κ1) is 19.8. The number of nitrogens with one attached hydrogen (secondary N) is 2. The molecule has 26 heavy (non-hydrogen) atoms. The summed E-state index contributed by atoms with van der Waals surface area (Å²) in [4.78, 5) is 15.4. The summed E-state index contributed by atoms with van der Waals surface area (Å²) in [6.07, 6.45) is 0. The third-order valence-corrected chi connectivity index (χ3v) is 3.79. The molecule has 8 heteroatoms. The molecule has 0 bridgehead atoms. The summed E-state index contributed by atoms with van der Waals surface area (Å²) in [5.74, 6) is 1.74. The monoisotopic (exact) mass is 468 g/mol. The highest BCUT2D eigenvalue weighted by Crippen LogP contribution is 2.32. The fourth-order valence-electron chi connectivity index (χ4n) is 2.48. The predicted molar refractivity (Wildman–Crippen MR) is 110 cm³/mol. The van der Waals surface area contributed by atoms with E-state index in [4.69, 9.17) is 15.2 Å². The Hall–Kier alpha value is -2.49. The molecule has 0 radical (unpaired) electrons. The Morgan fingerprint density at radius 2 is 1.77 bits per heavy atom. The molecule has 4 N–H and O–H groups in total. The van der Waals surface area contributed by atoms with Crippen molar-refractivity contribution in [3.8, 4) is 11.5 Å². The van der Waals surface area contributed by atoms with Crippen molar-refractivity contribution in [3.63, 3.8) is 0 Å². The van der Waals surface area contributed by atoms with Gasteiger partial charge in [0.25, 0.3) is 0 Å². The van der Waals surface area contributed by atoms with E-state index in [0.717, 1.165) is 22.6 Å². The third kappa shape index (κ3) is 5.01. The normalized spacial score (nSPS) is 12.3. The Bertz CT molecular complexity index is 811. The summed E-state index contributed by atoms with van der Waals surface area (Å²) < 4.78 is 10.7. The number of carbonyl (C=O) groups is 1. The van der Waals surface area contributed by atoms with Gasteiger partial charge >= 0.3 is 0 Å². The van der Waals surface area contributed by atoms with Crippen molar-refractivity contribution in [2.75, 3.05) is 13.8 Å². The molecule has 0 fully saturated rings. The summed E-state index contributed by atoms with van der Waals surface area (Å²) >= 11 is 0. The SMILES string of the molecule is CN=C(NCc1cccc(C(N)=O)c1)NCc1ccc2c(c1)OCO2.I. The van der Waals surface area contributed by atoms with E-state index in [1.807, 2.05) is 24.3 Å². The lowest BCUT2D eigenvalue weighted by atomic mass is 10.1. The number of amides is 1. The lowest BCUT2D eigenvalue weighted by Crippen LogP contribution is -2.36. The molecule has 2 aromatic carbocycles. The number of aliphatic imine (C=N–C) groups is 1. The van der Waals surface area contributed by atoms with Crippen LogP contribution in [-0.4, -0.2) is 25.7 Å². The molecule has 0 saturated carbocycles. The van der Waals surface area contributed by atoms with Crippen LogP contribution in [0.4, 0.5) is 0 Å². The van der Waals surface area contributed by atoms with Crippen LogP contribution in [0.15, 0.2) is 47.5 Å². The Kier molecular flexibility index (Phi) is 7.07. The highest BCUT2D eigenvalue weighted by Gasteiger charge is 2.13. The van der Waals surface area contributed by atoms with Crippen molar-refractivity contribution in [1.82, 2.24) is 10.6 Å². The first-order valence-corrected chi connectivity index (χ1v) is 7.87. The van der Waals surface area contributed by atoms with E-state index in [2.05, 4.69) is 15.6 Å². The van der Waals surface area contributed by atoms with Gasteiger partial charge in [-0.1, -0.05) is 18.2 Å². The van der Waals surface area contributed by atoms with E-state index >= 15 is 0 Å². The number of primary amides is 1. The van der Waals surface area contributed by atoms with Gasteiger partial charge in [0.1, 0.15) is 0 Å². The van der Waals surface area contributed by atoms with Gasteiger partial charge in [0.05, 0.1) is 0 Å². The van der Waals surface area contributed by atoms with Crippen LogP contribution < -0.4 is 25.8 Å². The van der Waals surface area contributed by atoms with Crippen LogP contribution in [-0.2, 0) is 13.1 Å². The minimum atomic E-state index is -0.438. The van der Waals surface area contributed by atoms with Crippen molar-refractivity contribution in [3.05, 3.63) is 59.2 Å². The maximum Gasteiger partial charge on any atom is 0.248 e. The number of hydrogen-bond donors (Lipinski definition) is 3. The molecule has 7 nitrogen and oxygen atoms in total. The smallest absolute Gasteiger partial charge is 0.248 e. The number of carbonyl (C=O) groups excluding carboxylic acids is 1. The van der Waals surface area contributed by atoms with Gasteiger partial charge in [-0.15, -0.1) is 24.0 Å². The van der Waals surface area contributed by atoms with E-state index in [1.54, 1.807) is 25.2 Å². The first-order valence-electron chi connectivity index (χ1n) is 7.87. The molecule has 0 aliphatic carbocycles. The van der Waals surface area contributed by atoms with Gasteiger partial charge in [-0.3, -0.25) is 9.79 Å². The second kappa shape index (κ2) is 9.27. The van der Waals surface area contributed by atoms with Crippen LogP contribution in [0, 0.1) is 0 Å². The maximum absolute atomic E-state index is 11.2. The van der Waals surface area contributed by atoms with E-state index in [0.29, 0.717) is 24.6 Å². The molecule has 0 atom stereocenters. The van der Waals surface area contributed by atoms with E-state index in [1.165, 1.54) is 0 Å². The summed E-state index contributed by atoms with van der Waals surface area (Å²) in [6.45, 7) is 1.39. The number of ether oxygens (including phenoxy) is 2. The molecule has 1 aliphatic rings. The molecule has 2 aromatic rings. The number of guanidine groups is 1. The van der Waals surface area contributed by atoms with Gasteiger partial charge in [0, 0.05) is 25.7 Å². The standard InChI is InChI=1S/C18H20N4O3.HI/c1-20-18(21-9-12-3-2-4-14(7-12)17(19)23)22-10-13-5-6-15-16(8-13)25-11-24-15;/h2-8H,9-11H2,1H3,(H2,19,23)(H2,20,21,22);1H. The minimum absolute atomic E-state index is 0. The zero-order valence-corrected chi connectivity index (χ0v) is 16.7. The Labute approximate surface area is 169 Å². The van der Waals surface area contributed by atoms with E-state index in [9.17, 15) is 4.79 Å². The Morgan fingerprint density at radius 1 is 1.08 bits per heavy atom. The fourth-order valence-corrected chi connectivity index (χ4v) is 2.48. The first-order chi connectivity index (χ1) is 12.2. The zero-order chi connectivity index (χ0) is 17.6. The highest BCUT2D eigenvalue weighted by molar-refractivity contribution is 14.0. The predicted octanol–water partition coefficient (Wildman–Crippen LogP) is 2.00. The zero-order valence-electron chi connectivity index (χ0n) is 14.3. The number of nitrogens with zero attached hydrogens (tertiary/aromatic N) is 1. The number of rotatable bonds is 5. The van der Waals surface area contributed by atoms with Crippen molar-refractivity contribution in [2.24, 2.45) is 10.7 Å². The molecule has 1 heterocycles. The number of nitrogens with two attached hydrogens (primary N) is 1. The van der Waals surface area contributed by atoms with Crippen molar-refractivity contribution in [2.45, 2.75) is 13.1 Å². The molecule has 1 amide bonds. The molecule has 0 unspecified atom stereocenters.